The van der Waals surface area contributed by atoms with Gasteiger partial charge in [-0.05, 0) is 39.0 Å². The van der Waals surface area contributed by atoms with Crippen molar-refractivity contribution in [3.63, 3.8) is 0 Å². The van der Waals surface area contributed by atoms with E-state index in [1.807, 2.05) is 0 Å². The van der Waals surface area contributed by atoms with E-state index >= 15 is 0 Å². The molecule has 1 aliphatic rings. The van der Waals surface area contributed by atoms with Crippen molar-refractivity contribution in [1.82, 2.24) is 0 Å². The van der Waals surface area contributed by atoms with Gasteiger partial charge in [-0.2, -0.15) is 0 Å². The lowest BCUT2D eigenvalue weighted by atomic mass is 9.93. The molecule has 0 aromatic carbocycles. The molecule has 0 aromatic heterocycles. The lowest BCUT2D eigenvalue weighted by Crippen LogP contribution is -2.35. The molecule has 0 aromatic rings. The van der Waals surface area contributed by atoms with E-state index < -0.39 is 0 Å². The molecule has 0 heterocycles. The monoisotopic (exact) mass is 156 g/mol. The summed E-state index contributed by atoms with van der Waals surface area (Å²) >= 11 is 0. The van der Waals surface area contributed by atoms with Gasteiger partial charge in [0.2, 0.25) is 0 Å². The summed E-state index contributed by atoms with van der Waals surface area (Å²) in [6.45, 7) is 6.65. The van der Waals surface area contributed by atoms with Gasteiger partial charge in [0.1, 0.15) is 0 Å². The van der Waals surface area contributed by atoms with Crippen LogP contribution < -0.4 is 0 Å². The van der Waals surface area contributed by atoms with E-state index in [0.717, 1.165) is 12.8 Å². The highest BCUT2D eigenvalue weighted by atomic mass is 16.5. The molecule has 1 nitrogen and oxygen atoms in total. The average Bonchev–Trinajstić information content (AvgIpc) is 1.97. The molecule has 0 N–H and O–H groups in total. The molecule has 0 atom stereocenters. The van der Waals surface area contributed by atoms with Crippen LogP contribution in [0.15, 0.2) is 0 Å². The molecular weight excluding hydrogens is 136 g/mol. The van der Waals surface area contributed by atoms with E-state index in [4.69, 9.17) is 4.74 Å². The third kappa shape index (κ3) is 2.19. The molecule has 1 rings (SSSR count). The predicted octanol–water partition coefficient (Wildman–Crippen LogP) is 3.13. The largest absolute Gasteiger partial charge is 0.372 e. The number of hydrogen-bond donors (Lipinski definition) is 0. The Bertz CT molecular complexity index is 112. The Morgan fingerprint density at radius 2 is 1.82 bits per heavy atom. The normalized spacial score (nSPS) is 19.9. The van der Waals surface area contributed by atoms with Crippen LogP contribution in [0.25, 0.3) is 0 Å². The van der Waals surface area contributed by atoms with Gasteiger partial charge in [0.05, 0.1) is 11.7 Å². The van der Waals surface area contributed by atoms with Crippen LogP contribution in [0.5, 0.6) is 0 Å². The number of hydrogen-bond acceptors (Lipinski definition) is 1. The topological polar surface area (TPSA) is 9.23 Å². The zero-order valence-corrected chi connectivity index (χ0v) is 8.02. The Kier molecular flexibility index (Phi) is 2.94. The fraction of sp³-hybridized carbons (Fsp3) is 1.00. The van der Waals surface area contributed by atoms with Crippen LogP contribution in [0.4, 0.5) is 0 Å². The second-order valence-corrected chi connectivity index (χ2v) is 3.83. The first kappa shape index (κ1) is 9.05. The molecule has 11 heavy (non-hydrogen) atoms. The van der Waals surface area contributed by atoms with Crippen molar-refractivity contribution in [2.24, 2.45) is 0 Å². The zero-order chi connectivity index (χ0) is 8.32. The van der Waals surface area contributed by atoms with Gasteiger partial charge >= 0.3 is 0 Å². The van der Waals surface area contributed by atoms with Gasteiger partial charge in [-0.1, -0.05) is 13.8 Å². The number of ether oxygens (including phenoxy) is 1. The summed E-state index contributed by atoms with van der Waals surface area (Å²) in [7, 11) is 0. The maximum atomic E-state index is 5.97. The lowest BCUT2D eigenvalue weighted by molar-refractivity contribution is -0.115. The molecule has 0 amide bonds. The van der Waals surface area contributed by atoms with Crippen LogP contribution in [0.2, 0.25) is 0 Å². The fourth-order valence-corrected chi connectivity index (χ4v) is 1.31. The molecule has 0 saturated heterocycles. The fourth-order valence-electron chi connectivity index (χ4n) is 1.31. The Balaban J connectivity index is 2.29. The predicted molar refractivity (Wildman–Crippen MR) is 47.7 cm³/mol. The van der Waals surface area contributed by atoms with Crippen LogP contribution in [0.3, 0.4) is 0 Å². The quantitative estimate of drug-likeness (QED) is 0.607. The second kappa shape index (κ2) is 3.57. The van der Waals surface area contributed by atoms with Crippen molar-refractivity contribution in [3.8, 4) is 0 Å². The van der Waals surface area contributed by atoms with E-state index in [2.05, 4.69) is 20.8 Å². The molecule has 1 heteroatoms. The van der Waals surface area contributed by atoms with E-state index in [9.17, 15) is 0 Å². The highest BCUT2D eigenvalue weighted by molar-refractivity contribution is 4.78. The van der Waals surface area contributed by atoms with Gasteiger partial charge in [-0.25, -0.2) is 0 Å². The maximum absolute atomic E-state index is 5.97. The minimum Gasteiger partial charge on any atom is -0.372 e. The molecule has 0 radical (unpaired) electrons. The molecule has 1 fully saturated rings. The standard InChI is InChI=1S/C10H20O/c1-4-10(3,5-2)11-9-7-6-8-9/h9H,4-8H2,1-3H3. The van der Waals surface area contributed by atoms with Gasteiger partial charge in [0.25, 0.3) is 0 Å². The van der Waals surface area contributed by atoms with Crippen molar-refractivity contribution >= 4 is 0 Å². The molecule has 0 unspecified atom stereocenters. The first-order valence-corrected chi connectivity index (χ1v) is 4.88. The van der Waals surface area contributed by atoms with E-state index in [0.29, 0.717) is 6.10 Å². The molecule has 0 bridgehead atoms. The Morgan fingerprint density at radius 3 is 2.09 bits per heavy atom. The summed E-state index contributed by atoms with van der Waals surface area (Å²) in [6.07, 6.45) is 6.80. The molecule has 66 valence electrons. The molecule has 0 aliphatic heterocycles. The minimum atomic E-state index is 0.158. The second-order valence-electron chi connectivity index (χ2n) is 3.83. The summed E-state index contributed by atoms with van der Waals surface area (Å²) in [5.41, 5.74) is 0.158. The van der Waals surface area contributed by atoms with Gasteiger partial charge in [-0.15, -0.1) is 0 Å². The highest BCUT2D eigenvalue weighted by Crippen LogP contribution is 2.30. The SMILES string of the molecule is CCC(C)(CC)OC1CCC1. The van der Waals surface area contributed by atoms with Gasteiger partial charge in [0, 0.05) is 0 Å². The zero-order valence-electron chi connectivity index (χ0n) is 8.02. The lowest BCUT2D eigenvalue weighted by Gasteiger charge is -2.36. The van der Waals surface area contributed by atoms with Crippen LogP contribution in [-0.4, -0.2) is 11.7 Å². The average molecular weight is 156 g/mol. The van der Waals surface area contributed by atoms with Crippen molar-refractivity contribution in [2.75, 3.05) is 0 Å². The molecule has 1 aliphatic carbocycles. The van der Waals surface area contributed by atoms with Crippen LogP contribution in [0, 0.1) is 0 Å². The molecule has 0 spiro atoms. The van der Waals surface area contributed by atoms with Crippen molar-refractivity contribution in [3.05, 3.63) is 0 Å². The first-order valence-electron chi connectivity index (χ1n) is 4.88. The van der Waals surface area contributed by atoms with E-state index in [1.54, 1.807) is 0 Å². The summed E-state index contributed by atoms with van der Waals surface area (Å²) in [4.78, 5) is 0. The summed E-state index contributed by atoms with van der Waals surface area (Å²) in [5.74, 6) is 0. The van der Waals surface area contributed by atoms with Crippen LogP contribution in [0.1, 0.15) is 52.9 Å². The van der Waals surface area contributed by atoms with Gasteiger partial charge < -0.3 is 4.74 Å². The summed E-state index contributed by atoms with van der Waals surface area (Å²) in [6, 6.07) is 0. The van der Waals surface area contributed by atoms with Crippen molar-refractivity contribution < 1.29 is 4.74 Å². The summed E-state index contributed by atoms with van der Waals surface area (Å²) < 4.78 is 5.97. The highest BCUT2D eigenvalue weighted by Gasteiger charge is 2.28. The summed E-state index contributed by atoms with van der Waals surface area (Å²) in [5, 5.41) is 0. The van der Waals surface area contributed by atoms with Gasteiger partial charge in [0.15, 0.2) is 0 Å². The maximum Gasteiger partial charge on any atom is 0.0653 e. The smallest absolute Gasteiger partial charge is 0.0653 e. The van der Waals surface area contributed by atoms with Gasteiger partial charge in [-0.3, -0.25) is 0 Å². The molecule has 1 saturated carbocycles. The van der Waals surface area contributed by atoms with Crippen molar-refractivity contribution in [1.29, 1.82) is 0 Å². The Hall–Kier alpha value is -0.0400. The first-order chi connectivity index (χ1) is 5.20. The van der Waals surface area contributed by atoms with E-state index in [-0.39, 0.29) is 5.60 Å². The Morgan fingerprint density at radius 1 is 1.27 bits per heavy atom. The molecular formula is C10H20O. The third-order valence-corrected chi connectivity index (χ3v) is 3.00. The third-order valence-electron chi connectivity index (χ3n) is 3.00. The van der Waals surface area contributed by atoms with Crippen molar-refractivity contribution in [2.45, 2.75) is 64.6 Å². The number of rotatable bonds is 4. The van der Waals surface area contributed by atoms with Crippen LogP contribution >= 0.6 is 0 Å². The Labute approximate surface area is 70.1 Å². The van der Waals surface area contributed by atoms with Crippen LogP contribution in [-0.2, 0) is 4.74 Å². The van der Waals surface area contributed by atoms with E-state index in [1.165, 1.54) is 19.3 Å². The minimum absolute atomic E-state index is 0.158.